The van der Waals surface area contributed by atoms with Gasteiger partial charge < -0.3 is 4.90 Å². The first kappa shape index (κ1) is 13.8. The van der Waals surface area contributed by atoms with E-state index in [4.69, 9.17) is 0 Å². The molecular weight excluding hydrogens is 265 g/mol. The average molecular weight is 283 g/mol. The van der Waals surface area contributed by atoms with Gasteiger partial charge in [0.25, 0.3) is 5.91 Å². The molecule has 0 heterocycles. The molecule has 0 radical (unpaired) electrons. The van der Waals surface area contributed by atoms with Crippen molar-refractivity contribution in [1.82, 2.24) is 4.90 Å². The Labute approximate surface area is 124 Å². The third kappa shape index (κ3) is 2.44. The van der Waals surface area contributed by atoms with Crippen LogP contribution in [0.4, 0.5) is 4.39 Å². The van der Waals surface area contributed by atoms with Gasteiger partial charge in [-0.05, 0) is 48.6 Å². The zero-order chi connectivity index (χ0) is 15.0. The Balaban J connectivity index is 1.87. The molecule has 2 nitrogen and oxygen atoms in total. The molecule has 0 saturated heterocycles. The number of nitrogens with zero attached hydrogens (tertiary/aromatic N) is 1. The summed E-state index contributed by atoms with van der Waals surface area (Å²) in [5.74, 6) is -0.461. The highest BCUT2D eigenvalue weighted by atomic mass is 19.1. The number of carbonyl (C=O) groups is 1. The van der Waals surface area contributed by atoms with Crippen LogP contribution in [0.25, 0.3) is 0 Å². The molecule has 1 atom stereocenters. The van der Waals surface area contributed by atoms with E-state index in [1.165, 1.54) is 17.2 Å². The molecule has 0 fully saturated rings. The molecule has 1 aliphatic carbocycles. The van der Waals surface area contributed by atoms with Gasteiger partial charge >= 0.3 is 0 Å². The number of hydrogen-bond acceptors (Lipinski definition) is 1. The molecule has 1 unspecified atom stereocenters. The fourth-order valence-corrected chi connectivity index (χ4v) is 3.01. The molecule has 1 amide bonds. The first-order valence-corrected chi connectivity index (χ1v) is 7.19. The summed E-state index contributed by atoms with van der Waals surface area (Å²) < 4.78 is 13.6. The van der Waals surface area contributed by atoms with E-state index in [2.05, 4.69) is 12.1 Å². The van der Waals surface area contributed by atoms with Crippen LogP contribution in [0.15, 0.2) is 42.5 Å². The number of carbonyl (C=O) groups excluding carboxylic acids is 1. The van der Waals surface area contributed by atoms with Crippen LogP contribution in [0, 0.1) is 12.7 Å². The summed E-state index contributed by atoms with van der Waals surface area (Å²) in [6, 6.07) is 13.0. The molecule has 3 rings (SSSR count). The summed E-state index contributed by atoms with van der Waals surface area (Å²) in [6.07, 6.45) is 1.91. The molecule has 0 bridgehead atoms. The summed E-state index contributed by atoms with van der Waals surface area (Å²) in [7, 11) is 1.80. The first-order chi connectivity index (χ1) is 10.1. The maximum atomic E-state index is 13.6. The lowest BCUT2D eigenvalue weighted by molar-refractivity contribution is 0.0730. The van der Waals surface area contributed by atoms with Gasteiger partial charge in [0.2, 0.25) is 0 Å². The van der Waals surface area contributed by atoms with Gasteiger partial charge in [-0.2, -0.15) is 0 Å². The van der Waals surface area contributed by atoms with Crippen molar-refractivity contribution in [3.05, 3.63) is 70.5 Å². The third-order valence-electron chi connectivity index (χ3n) is 4.31. The van der Waals surface area contributed by atoms with Crippen LogP contribution in [0.3, 0.4) is 0 Å². The second kappa shape index (κ2) is 5.32. The van der Waals surface area contributed by atoms with Crippen LogP contribution in [-0.2, 0) is 6.42 Å². The zero-order valence-corrected chi connectivity index (χ0v) is 12.3. The van der Waals surface area contributed by atoms with Crippen LogP contribution >= 0.6 is 0 Å². The van der Waals surface area contributed by atoms with E-state index in [1.54, 1.807) is 31.0 Å². The number of aryl methyl sites for hydroxylation is 2. The van der Waals surface area contributed by atoms with E-state index in [0.717, 1.165) is 12.8 Å². The number of amides is 1. The minimum absolute atomic E-state index is 0.0815. The number of hydrogen-bond donors (Lipinski definition) is 0. The molecule has 0 aromatic heterocycles. The van der Waals surface area contributed by atoms with E-state index >= 15 is 0 Å². The Kier molecular flexibility index (Phi) is 3.50. The summed E-state index contributed by atoms with van der Waals surface area (Å²) >= 11 is 0. The lowest BCUT2D eigenvalue weighted by atomic mass is 10.1. The molecule has 1 aliphatic rings. The van der Waals surface area contributed by atoms with Gasteiger partial charge in [0.1, 0.15) is 5.82 Å². The van der Waals surface area contributed by atoms with Crippen LogP contribution < -0.4 is 0 Å². The van der Waals surface area contributed by atoms with E-state index in [9.17, 15) is 9.18 Å². The van der Waals surface area contributed by atoms with Gasteiger partial charge in [0, 0.05) is 12.6 Å². The van der Waals surface area contributed by atoms with Crippen molar-refractivity contribution in [1.29, 1.82) is 0 Å². The molecular formula is C18H18FNO. The fourth-order valence-electron chi connectivity index (χ4n) is 3.01. The molecule has 3 heteroatoms. The molecule has 2 aromatic rings. The normalized spacial score (nSPS) is 16.6. The Hall–Kier alpha value is -2.16. The summed E-state index contributed by atoms with van der Waals surface area (Å²) in [4.78, 5) is 14.3. The van der Waals surface area contributed by atoms with E-state index in [-0.39, 0.29) is 17.8 Å². The van der Waals surface area contributed by atoms with Crippen LogP contribution in [-0.4, -0.2) is 17.9 Å². The molecule has 0 saturated carbocycles. The predicted octanol–water partition coefficient (Wildman–Crippen LogP) is 3.89. The average Bonchev–Trinajstić information content (AvgIpc) is 2.92. The maximum absolute atomic E-state index is 13.6. The van der Waals surface area contributed by atoms with E-state index in [0.29, 0.717) is 11.1 Å². The molecule has 0 N–H and O–H groups in total. The minimum Gasteiger partial charge on any atom is -0.335 e. The van der Waals surface area contributed by atoms with Gasteiger partial charge in [0.05, 0.1) is 6.04 Å². The van der Waals surface area contributed by atoms with Crippen molar-refractivity contribution in [2.45, 2.75) is 25.8 Å². The Bertz CT molecular complexity index is 695. The lowest BCUT2D eigenvalue weighted by Gasteiger charge is -2.25. The predicted molar refractivity (Wildman–Crippen MR) is 80.7 cm³/mol. The number of halogens is 1. The Morgan fingerprint density at radius 2 is 2.00 bits per heavy atom. The molecule has 0 aliphatic heterocycles. The zero-order valence-electron chi connectivity index (χ0n) is 12.3. The second-order valence-corrected chi connectivity index (χ2v) is 5.63. The summed E-state index contributed by atoms with van der Waals surface area (Å²) in [6.45, 7) is 1.69. The van der Waals surface area contributed by atoms with Gasteiger partial charge in [-0.3, -0.25) is 4.79 Å². The topological polar surface area (TPSA) is 20.3 Å². The van der Waals surface area contributed by atoms with Gasteiger partial charge in [-0.25, -0.2) is 4.39 Å². The standard InChI is InChI=1S/C18H18FNO/c1-12-7-8-14(11-16(12)19)18(21)20(2)17-10-9-13-5-3-4-6-15(13)17/h3-8,11,17H,9-10H2,1-2H3. The molecule has 2 aromatic carbocycles. The van der Waals surface area contributed by atoms with E-state index < -0.39 is 0 Å². The van der Waals surface area contributed by atoms with Crippen molar-refractivity contribution in [2.75, 3.05) is 7.05 Å². The van der Waals surface area contributed by atoms with Crippen molar-refractivity contribution >= 4 is 5.91 Å². The van der Waals surface area contributed by atoms with Crippen LogP contribution in [0.1, 0.15) is 39.5 Å². The highest BCUT2D eigenvalue weighted by Crippen LogP contribution is 2.35. The molecule has 0 spiro atoms. The highest BCUT2D eigenvalue weighted by molar-refractivity contribution is 5.94. The summed E-state index contributed by atoms with van der Waals surface area (Å²) in [5, 5.41) is 0. The monoisotopic (exact) mass is 283 g/mol. The Morgan fingerprint density at radius 3 is 2.76 bits per heavy atom. The van der Waals surface area contributed by atoms with Crippen molar-refractivity contribution in [3.63, 3.8) is 0 Å². The smallest absolute Gasteiger partial charge is 0.254 e. The molecule has 21 heavy (non-hydrogen) atoms. The highest BCUT2D eigenvalue weighted by Gasteiger charge is 2.28. The molecule has 108 valence electrons. The maximum Gasteiger partial charge on any atom is 0.254 e. The van der Waals surface area contributed by atoms with Crippen molar-refractivity contribution in [2.24, 2.45) is 0 Å². The van der Waals surface area contributed by atoms with E-state index in [1.807, 2.05) is 12.1 Å². The van der Waals surface area contributed by atoms with Gasteiger partial charge in [-0.15, -0.1) is 0 Å². The second-order valence-electron chi connectivity index (χ2n) is 5.63. The van der Waals surface area contributed by atoms with Crippen LogP contribution in [0.2, 0.25) is 0 Å². The third-order valence-corrected chi connectivity index (χ3v) is 4.31. The van der Waals surface area contributed by atoms with Gasteiger partial charge in [-0.1, -0.05) is 30.3 Å². The SMILES string of the molecule is Cc1ccc(C(=O)N(C)C2CCc3ccccc32)cc1F. The van der Waals surface area contributed by atoms with Crippen LogP contribution in [0.5, 0.6) is 0 Å². The number of benzene rings is 2. The number of rotatable bonds is 2. The largest absolute Gasteiger partial charge is 0.335 e. The lowest BCUT2D eigenvalue weighted by Crippen LogP contribution is -2.30. The fraction of sp³-hybridized carbons (Fsp3) is 0.278. The number of fused-ring (bicyclic) bond motifs is 1. The van der Waals surface area contributed by atoms with Crippen molar-refractivity contribution < 1.29 is 9.18 Å². The van der Waals surface area contributed by atoms with Crippen molar-refractivity contribution in [3.8, 4) is 0 Å². The minimum atomic E-state index is -0.332. The Morgan fingerprint density at radius 1 is 1.24 bits per heavy atom. The quantitative estimate of drug-likeness (QED) is 0.818. The summed E-state index contributed by atoms with van der Waals surface area (Å²) in [5.41, 5.74) is 3.48. The first-order valence-electron chi connectivity index (χ1n) is 7.19. The van der Waals surface area contributed by atoms with Gasteiger partial charge in [0.15, 0.2) is 0 Å².